The van der Waals surface area contributed by atoms with Crippen LogP contribution in [0.5, 0.6) is 0 Å². The first-order chi connectivity index (χ1) is 24.3. The number of para-hydroxylation sites is 2. The summed E-state index contributed by atoms with van der Waals surface area (Å²) in [7, 11) is 0. The lowest BCUT2D eigenvalue weighted by Gasteiger charge is -2.26. The van der Waals surface area contributed by atoms with Gasteiger partial charge in [0.2, 0.25) is 0 Å². The van der Waals surface area contributed by atoms with E-state index in [1.807, 2.05) is 11.3 Å². The standard InChI is InChI=1S/C46H30N2S/c1-2-12-35(13-3-1)47(36-22-20-32(21-23-36)34-19-18-31-10-4-5-11-33(31)30-34)37-24-26-38(27-25-37)48-43-16-8-6-14-39(43)41-28-29-42-40-15-7-9-17-44(40)49-46(42)45(41)48/h1-30H. The molecule has 230 valence electrons. The molecule has 0 aliphatic rings. The molecular weight excluding hydrogens is 613 g/mol. The molecule has 2 aromatic heterocycles. The monoisotopic (exact) mass is 642 g/mol. The predicted molar refractivity (Wildman–Crippen MR) is 211 cm³/mol. The van der Waals surface area contributed by atoms with Gasteiger partial charge in [-0.25, -0.2) is 0 Å². The van der Waals surface area contributed by atoms with Crippen molar-refractivity contribution in [1.82, 2.24) is 4.57 Å². The first kappa shape index (κ1) is 27.9. The summed E-state index contributed by atoms with van der Waals surface area (Å²) in [6, 6.07) is 66.0. The van der Waals surface area contributed by atoms with Gasteiger partial charge in [0.1, 0.15) is 0 Å². The molecule has 0 radical (unpaired) electrons. The molecule has 0 saturated heterocycles. The van der Waals surface area contributed by atoms with Crippen molar-refractivity contribution in [2.24, 2.45) is 0 Å². The van der Waals surface area contributed by atoms with Crippen LogP contribution in [-0.4, -0.2) is 4.57 Å². The van der Waals surface area contributed by atoms with Crippen LogP contribution in [-0.2, 0) is 0 Å². The molecular formula is C46H30N2S. The lowest BCUT2D eigenvalue weighted by molar-refractivity contribution is 1.18. The van der Waals surface area contributed by atoms with Gasteiger partial charge in [0.25, 0.3) is 0 Å². The molecule has 0 saturated carbocycles. The molecule has 0 amide bonds. The highest BCUT2D eigenvalue weighted by Crippen LogP contribution is 2.43. The van der Waals surface area contributed by atoms with Crippen LogP contribution in [0.1, 0.15) is 0 Å². The summed E-state index contributed by atoms with van der Waals surface area (Å²) in [6.45, 7) is 0. The number of rotatable bonds is 5. The molecule has 8 aromatic carbocycles. The van der Waals surface area contributed by atoms with E-state index in [2.05, 4.69) is 191 Å². The number of thiophene rings is 1. The maximum absolute atomic E-state index is 2.46. The minimum Gasteiger partial charge on any atom is -0.311 e. The summed E-state index contributed by atoms with van der Waals surface area (Å²) in [5.41, 5.74) is 9.43. The van der Waals surface area contributed by atoms with E-state index in [1.165, 1.54) is 63.9 Å². The van der Waals surface area contributed by atoms with Crippen LogP contribution >= 0.6 is 11.3 Å². The van der Waals surface area contributed by atoms with Gasteiger partial charge in [-0.2, -0.15) is 0 Å². The zero-order valence-electron chi connectivity index (χ0n) is 26.6. The smallest absolute Gasteiger partial charge is 0.0719 e. The van der Waals surface area contributed by atoms with Gasteiger partial charge in [-0.3, -0.25) is 0 Å². The molecule has 10 aromatic rings. The van der Waals surface area contributed by atoms with Crippen molar-refractivity contribution in [2.45, 2.75) is 0 Å². The highest BCUT2D eigenvalue weighted by atomic mass is 32.1. The summed E-state index contributed by atoms with van der Waals surface area (Å²) in [5.74, 6) is 0. The molecule has 0 aliphatic carbocycles. The van der Waals surface area contributed by atoms with Crippen molar-refractivity contribution in [2.75, 3.05) is 4.90 Å². The van der Waals surface area contributed by atoms with Crippen LogP contribution in [0.15, 0.2) is 182 Å². The van der Waals surface area contributed by atoms with E-state index in [1.54, 1.807) is 0 Å². The summed E-state index contributed by atoms with van der Waals surface area (Å²) >= 11 is 1.89. The van der Waals surface area contributed by atoms with Crippen molar-refractivity contribution < 1.29 is 0 Å². The second-order valence-electron chi connectivity index (χ2n) is 12.6. The fraction of sp³-hybridized carbons (Fsp3) is 0. The Balaban J connectivity index is 1.09. The molecule has 10 rings (SSSR count). The third kappa shape index (κ3) is 4.55. The van der Waals surface area contributed by atoms with Crippen LogP contribution in [0.2, 0.25) is 0 Å². The number of nitrogens with zero attached hydrogens (tertiary/aromatic N) is 2. The minimum absolute atomic E-state index is 1.11. The molecule has 0 bridgehead atoms. The van der Waals surface area contributed by atoms with Crippen molar-refractivity contribution in [3.05, 3.63) is 182 Å². The Morgan fingerprint density at radius 2 is 1.02 bits per heavy atom. The van der Waals surface area contributed by atoms with Gasteiger partial charge in [0, 0.05) is 49.0 Å². The minimum atomic E-state index is 1.11. The van der Waals surface area contributed by atoms with Crippen LogP contribution in [0.3, 0.4) is 0 Å². The van der Waals surface area contributed by atoms with E-state index in [9.17, 15) is 0 Å². The molecule has 0 aliphatic heterocycles. The second kappa shape index (κ2) is 11.2. The number of fused-ring (bicyclic) bond motifs is 8. The van der Waals surface area contributed by atoms with Gasteiger partial charge in [-0.1, -0.05) is 115 Å². The number of anilines is 3. The maximum Gasteiger partial charge on any atom is 0.0719 e. The second-order valence-corrected chi connectivity index (χ2v) is 13.6. The number of hydrogen-bond donors (Lipinski definition) is 0. The van der Waals surface area contributed by atoms with Gasteiger partial charge in [0.15, 0.2) is 0 Å². The van der Waals surface area contributed by atoms with Crippen LogP contribution < -0.4 is 4.90 Å². The van der Waals surface area contributed by atoms with Gasteiger partial charge < -0.3 is 9.47 Å². The Morgan fingerprint density at radius 3 is 1.84 bits per heavy atom. The van der Waals surface area contributed by atoms with Crippen molar-refractivity contribution in [3.8, 4) is 16.8 Å². The third-order valence-corrected chi connectivity index (χ3v) is 11.0. The Labute approximate surface area is 288 Å². The van der Waals surface area contributed by atoms with E-state index >= 15 is 0 Å². The molecule has 0 spiro atoms. The number of hydrogen-bond acceptors (Lipinski definition) is 2. The summed E-state index contributed by atoms with van der Waals surface area (Å²) in [6.07, 6.45) is 0. The molecule has 2 heterocycles. The number of benzene rings is 8. The zero-order chi connectivity index (χ0) is 32.3. The van der Waals surface area contributed by atoms with E-state index in [-0.39, 0.29) is 0 Å². The Bertz CT molecular complexity index is 2810. The van der Waals surface area contributed by atoms with Gasteiger partial charge >= 0.3 is 0 Å². The van der Waals surface area contributed by atoms with E-state index in [0.29, 0.717) is 0 Å². The highest BCUT2D eigenvalue weighted by molar-refractivity contribution is 7.26. The summed E-state index contributed by atoms with van der Waals surface area (Å²) in [5, 5.41) is 7.72. The normalized spacial score (nSPS) is 11.7. The summed E-state index contributed by atoms with van der Waals surface area (Å²) in [4.78, 5) is 2.34. The molecule has 0 unspecified atom stereocenters. The predicted octanol–water partition coefficient (Wildman–Crippen LogP) is 13.4. The highest BCUT2D eigenvalue weighted by Gasteiger charge is 2.18. The molecule has 49 heavy (non-hydrogen) atoms. The largest absolute Gasteiger partial charge is 0.311 e. The topological polar surface area (TPSA) is 8.17 Å². The van der Waals surface area contributed by atoms with E-state index in [4.69, 9.17) is 0 Å². The quantitative estimate of drug-likeness (QED) is 0.181. The zero-order valence-corrected chi connectivity index (χ0v) is 27.4. The van der Waals surface area contributed by atoms with Gasteiger partial charge in [-0.05, 0) is 88.6 Å². The SMILES string of the molecule is c1ccc(N(c2ccc(-c3ccc4ccccc4c3)cc2)c2ccc(-n3c4ccccc4c4ccc5c6ccccc6sc5c43)cc2)cc1. The molecule has 0 fully saturated rings. The van der Waals surface area contributed by atoms with Crippen LogP contribution in [0.4, 0.5) is 17.1 Å². The van der Waals surface area contributed by atoms with Gasteiger partial charge in [-0.15, -0.1) is 11.3 Å². The Morgan fingerprint density at radius 1 is 0.408 bits per heavy atom. The van der Waals surface area contributed by atoms with Crippen molar-refractivity contribution in [3.63, 3.8) is 0 Å². The van der Waals surface area contributed by atoms with Crippen LogP contribution in [0, 0.1) is 0 Å². The maximum atomic E-state index is 2.46. The van der Waals surface area contributed by atoms with E-state index in [0.717, 1.165) is 22.7 Å². The van der Waals surface area contributed by atoms with Crippen molar-refractivity contribution in [1.29, 1.82) is 0 Å². The van der Waals surface area contributed by atoms with E-state index < -0.39 is 0 Å². The van der Waals surface area contributed by atoms with Crippen molar-refractivity contribution >= 4 is 81.1 Å². The molecule has 0 N–H and O–H groups in total. The Hall–Kier alpha value is -6.16. The third-order valence-electron chi connectivity index (χ3n) is 9.77. The average molecular weight is 643 g/mol. The fourth-order valence-electron chi connectivity index (χ4n) is 7.45. The lowest BCUT2D eigenvalue weighted by atomic mass is 10.0. The Kier molecular flexibility index (Phi) is 6.39. The van der Waals surface area contributed by atoms with Gasteiger partial charge in [0.05, 0.1) is 15.7 Å². The first-order valence-electron chi connectivity index (χ1n) is 16.7. The number of aromatic nitrogens is 1. The molecule has 0 atom stereocenters. The molecule has 2 nitrogen and oxygen atoms in total. The first-order valence-corrected chi connectivity index (χ1v) is 17.5. The average Bonchev–Trinajstić information content (AvgIpc) is 3.72. The molecule has 3 heteroatoms. The summed E-state index contributed by atoms with van der Waals surface area (Å²) < 4.78 is 5.11. The lowest BCUT2D eigenvalue weighted by Crippen LogP contribution is -2.10. The fourth-order valence-corrected chi connectivity index (χ4v) is 8.69. The van der Waals surface area contributed by atoms with Crippen LogP contribution in [0.25, 0.3) is 69.6 Å².